The monoisotopic (exact) mass is 550 g/mol. The van der Waals surface area contributed by atoms with Crippen LogP contribution in [-0.4, -0.2) is 57.5 Å². The summed E-state index contributed by atoms with van der Waals surface area (Å²) in [5, 5.41) is 0.350. The van der Waals surface area contributed by atoms with Crippen LogP contribution in [0.25, 0.3) is 0 Å². The molecule has 194 valence electrons. The number of methoxy groups -OCH3 is 2. The Labute approximate surface area is 218 Å². The van der Waals surface area contributed by atoms with Crippen molar-refractivity contribution in [3.63, 3.8) is 0 Å². The quantitative estimate of drug-likeness (QED) is 0.167. The summed E-state index contributed by atoms with van der Waals surface area (Å²) in [6.07, 6.45) is 1.72. The molecule has 0 bridgehead atoms. The maximum atomic E-state index is 11.8. The summed E-state index contributed by atoms with van der Waals surface area (Å²) in [6, 6.07) is 7.65. The molecule has 0 atom stereocenters. The van der Waals surface area contributed by atoms with E-state index in [4.69, 9.17) is 18.9 Å². The Morgan fingerprint density at radius 3 is 1.37 bits per heavy atom. The van der Waals surface area contributed by atoms with E-state index in [0.717, 1.165) is 57.7 Å². The number of carbonyl (C=O) groups excluding carboxylic acids is 2. The first-order valence-electron chi connectivity index (χ1n) is 11.7. The number of aryl methyl sites for hydroxylation is 4. The van der Waals surface area contributed by atoms with Crippen LogP contribution in [0.4, 0.5) is 0 Å². The van der Waals surface area contributed by atoms with Gasteiger partial charge in [-0.2, -0.15) is 0 Å². The van der Waals surface area contributed by atoms with E-state index in [1.54, 1.807) is 21.1 Å². The molecule has 0 aliphatic carbocycles. The van der Waals surface area contributed by atoms with E-state index in [2.05, 4.69) is 15.9 Å². The largest absolute Gasteiger partial charge is 0.493 e. The van der Waals surface area contributed by atoms with Gasteiger partial charge in [-0.15, -0.1) is 0 Å². The van der Waals surface area contributed by atoms with Crippen LogP contribution in [-0.2, 0) is 9.47 Å². The smallest absolute Gasteiger partial charge is 0.173 e. The molecule has 0 aliphatic rings. The molecule has 0 N–H and O–H groups in total. The number of ether oxygens (including phenoxy) is 4. The molecule has 6 nitrogen and oxygen atoms in total. The summed E-state index contributed by atoms with van der Waals surface area (Å²) < 4.78 is 21.2. The van der Waals surface area contributed by atoms with Gasteiger partial charge in [0.15, 0.2) is 11.6 Å². The van der Waals surface area contributed by atoms with Crippen LogP contribution in [0, 0.1) is 27.7 Å². The van der Waals surface area contributed by atoms with Crippen molar-refractivity contribution in [3.8, 4) is 11.5 Å². The van der Waals surface area contributed by atoms with Crippen LogP contribution in [0.5, 0.6) is 11.5 Å². The first kappa shape index (κ1) is 30.8. The van der Waals surface area contributed by atoms with Crippen LogP contribution in [0.1, 0.15) is 62.7 Å². The van der Waals surface area contributed by atoms with Gasteiger partial charge in [0.25, 0.3) is 0 Å². The van der Waals surface area contributed by atoms with Crippen molar-refractivity contribution < 1.29 is 28.5 Å². The van der Waals surface area contributed by atoms with Crippen LogP contribution < -0.4 is 9.47 Å². The molecule has 0 amide bonds. The lowest BCUT2D eigenvalue weighted by atomic mass is 9.99. The molecule has 0 aliphatic heterocycles. The lowest BCUT2D eigenvalue weighted by Gasteiger charge is -2.12. The molecule has 0 unspecified atom stereocenters. The predicted octanol–water partition coefficient (Wildman–Crippen LogP) is 6.22. The van der Waals surface area contributed by atoms with Crippen LogP contribution in [0.2, 0.25) is 0 Å². The molecule has 2 aromatic rings. The summed E-state index contributed by atoms with van der Waals surface area (Å²) in [4.78, 5) is 23.2. The third kappa shape index (κ3) is 10.5. The Morgan fingerprint density at radius 1 is 0.686 bits per heavy atom. The Bertz CT molecular complexity index is 924. The zero-order valence-corrected chi connectivity index (χ0v) is 23.7. The highest BCUT2D eigenvalue weighted by atomic mass is 79.9. The number of ketones is 2. The minimum absolute atomic E-state index is 0.103. The maximum Gasteiger partial charge on any atom is 0.173 e. The summed E-state index contributed by atoms with van der Waals surface area (Å²) in [5.41, 5.74) is 5.45. The second-order valence-corrected chi connectivity index (χ2v) is 8.93. The van der Waals surface area contributed by atoms with Gasteiger partial charge in [0.05, 0.1) is 18.5 Å². The molecule has 0 heterocycles. The van der Waals surface area contributed by atoms with Gasteiger partial charge >= 0.3 is 0 Å². The van der Waals surface area contributed by atoms with Crippen molar-refractivity contribution in [2.24, 2.45) is 0 Å². The molecule has 2 rings (SSSR count). The van der Waals surface area contributed by atoms with Crippen LogP contribution >= 0.6 is 15.9 Å². The summed E-state index contributed by atoms with van der Waals surface area (Å²) in [5.74, 6) is 1.84. The van der Waals surface area contributed by atoms with E-state index < -0.39 is 0 Å². The molecule has 2 aromatic carbocycles. The fourth-order valence-electron chi connectivity index (χ4n) is 3.86. The highest BCUT2D eigenvalue weighted by Crippen LogP contribution is 2.24. The van der Waals surface area contributed by atoms with E-state index in [0.29, 0.717) is 31.8 Å². The number of hydrogen-bond donors (Lipinski definition) is 0. The van der Waals surface area contributed by atoms with Gasteiger partial charge in [-0.3, -0.25) is 9.59 Å². The number of Topliss-reactive ketones (excluding diaryl/α,β-unsaturated/α-hetero) is 2. The average molecular weight is 552 g/mol. The van der Waals surface area contributed by atoms with Crippen molar-refractivity contribution in [2.75, 3.05) is 46.0 Å². The summed E-state index contributed by atoms with van der Waals surface area (Å²) in [6.45, 7) is 12.0. The molecule has 7 heteroatoms. The first-order chi connectivity index (χ1) is 16.7. The fourth-order valence-corrected chi connectivity index (χ4v) is 4.14. The Kier molecular flexibility index (Phi) is 14.5. The lowest BCUT2D eigenvalue weighted by Crippen LogP contribution is -2.07. The van der Waals surface area contributed by atoms with E-state index in [1.165, 1.54) is 0 Å². The zero-order chi connectivity index (χ0) is 26.4. The molecule has 0 spiro atoms. The second kappa shape index (κ2) is 16.5. The van der Waals surface area contributed by atoms with Crippen molar-refractivity contribution in [2.45, 2.75) is 47.5 Å². The fraction of sp³-hybridized carbons (Fsp3) is 0.500. The SMILES string of the molecule is COCCCOc1cc(C)c(C(=O)CBr)c(C)c1.COCCCOc1cc(C)c(C(C)=O)c(C)c1. The molecule has 0 fully saturated rings. The summed E-state index contributed by atoms with van der Waals surface area (Å²) in [7, 11) is 3.35. The number of carbonyl (C=O) groups is 2. The zero-order valence-electron chi connectivity index (χ0n) is 22.1. The van der Waals surface area contributed by atoms with Crippen molar-refractivity contribution >= 4 is 27.5 Å². The van der Waals surface area contributed by atoms with Gasteiger partial charge in [0, 0.05) is 51.4 Å². The average Bonchev–Trinajstić information content (AvgIpc) is 2.79. The molecular formula is C28H39BrO6. The molecule has 0 radical (unpaired) electrons. The van der Waals surface area contributed by atoms with E-state index in [-0.39, 0.29) is 11.6 Å². The summed E-state index contributed by atoms with van der Waals surface area (Å²) >= 11 is 3.20. The highest BCUT2D eigenvalue weighted by Gasteiger charge is 2.13. The van der Waals surface area contributed by atoms with Gasteiger partial charge in [-0.1, -0.05) is 15.9 Å². The number of rotatable bonds is 13. The van der Waals surface area contributed by atoms with Gasteiger partial charge in [-0.25, -0.2) is 0 Å². The Morgan fingerprint density at radius 2 is 1.06 bits per heavy atom. The molecule has 0 aromatic heterocycles. The maximum absolute atomic E-state index is 11.8. The topological polar surface area (TPSA) is 71.1 Å². The number of halogens is 1. The lowest BCUT2D eigenvalue weighted by molar-refractivity contribution is 0.101. The van der Waals surface area contributed by atoms with Gasteiger partial charge in [0.2, 0.25) is 0 Å². The normalized spacial score (nSPS) is 10.4. The van der Waals surface area contributed by atoms with Crippen molar-refractivity contribution in [3.05, 3.63) is 57.6 Å². The molecule has 0 saturated heterocycles. The minimum atomic E-state index is 0.103. The van der Waals surface area contributed by atoms with Gasteiger partial charge < -0.3 is 18.9 Å². The highest BCUT2D eigenvalue weighted by molar-refractivity contribution is 9.09. The van der Waals surface area contributed by atoms with E-state index in [9.17, 15) is 9.59 Å². The number of benzene rings is 2. The number of alkyl halides is 1. The first-order valence-corrected chi connectivity index (χ1v) is 12.8. The molecular weight excluding hydrogens is 512 g/mol. The Balaban J connectivity index is 0.000000351. The van der Waals surface area contributed by atoms with E-state index >= 15 is 0 Å². The molecule has 35 heavy (non-hydrogen) atoms. The third-order valence-corrected chi connectivity index (χ3v) is 5.80. The van der Waals surface area contributed by atoms with Crippen molar-refractivity contribution in [1.29, 1.82) is 0 Å². The second-order valence-electron chi connectivity index (χ2n) is 8.37. The van der Waals surface area contributed by atoms with E-state index in [1.807, 2.05) is 52.0 Å². The van der Waals surface area contributed by atoms with Crippen molar-refractivity contribution in [1.82, 2.24) is 0 Å². The number of hydrogen-bond acceptors (Lipinski definition) is 6. The van der Waals surface area contributed by atoms with Gasteiger partial charge in [0.1, 0.15) is 11.5 Å². The standard InChI is InChI=1S/C14H19BrO3.C14H20O3/c1-10-7-12(18-6-4-5-17-3)8-11(2)14(10)13(16)9-15;1-10-8-13(17-7-5-6-16-4)9-11(2)14(10)12(3)15/h7-8H,4-6,9H2,1-3H3;8-9H,5-7H2,1-4H3. The molecule has 0 saturated carbocycles. The van der Waals surface area contributed by atoms with Gasteiger partial charge in [-0.05, 0) is 81.1 Å². The predicted molar refractivity (Wildman–Crippen MR) is 144 cm³/mol. The minimum Gasteiger partial charge on any atom is -0.493 e. The Hall–Kier alpha value is -2.22. The third-order valence-electron chi connectivity index (χ3n) is 5.29. The van der Waals surface area contributed by atoms with Crippen LogP contribution in [0.15, 0.2) is 24.3 Å². The van der Waals surface area contributed by atoms with Crippen LogP contribution in [0.3, 0.4) is 0 Å².